The van der Waals surface area contributed by atoms with Gasteiger partial charge in [-0.05, 0) is 17.5 Å². The molecule has 1 aromatic heterocycles. The summed E-state index contributed by atoms with van der Waals surface area (Å²) in [6.45, 7) is 5.31. The molecule has 0 saturated carbocycles. The molecular weight excluding hydrogens is 388 g/mol. The minimum Gasteiger partial charge on any atom is -0.507 e. The molecule has 0 bridgehead atoms. The molecule has 5 N–H and O–H groups in total. The molecule has 0 aliphatic carbocycles. The molecule has 0 aliphatic heterocycles. The maximum Gasteiger partial charge on any atom is 0.330 e. The van der Waals surface area contributed by atoms with Gasteiger partial charge in [-0.15, -0.1) is 0 Å². The zero-order chi connectivity index (χ0) is 20.1. The summed E-state index contributed by atoms with van der Waals surface area (Å²) in [7, 11) is -10.1. The van der Waals surface area contributed by atoms with Crippen LogP contribution in [0.3, 0.4) is 0 Å². The average molecular weight is 404 g/mol. The largest absolute Gasteiger partial charge is 0.507 e. The fourth-order valence-corrected chi connectivity index (χ4v) is 2.95. The summed E-state index contributed by atoms with van der Waals surface area (Å²) in [5.41, 5.74) is 5.52. The number of nitrogens with zero attached hydrogens (tertiary/aromatic N) is 3. The van der Waals surface area contributed by atoms with Crippen LogP contribution >= 0.6 is 0 Å². The van der Waals surface area contributed by atoms with E-state index in [2.05, 4.69) is 15.0 Å². The standard InChI is InChI=1S/C13H16N4O7S2/c1-13(2,3)8-5-6(14)4-7(9(8)18)10-15-11(25(19,20)21)17-12(16-10)26(22,23)24/h4-5,18H,14H2,1-3H3,(H,19,20,21)(H,22,23,24). The van der Waals surface area contributed by atoms with Crippen LogP contribution in [0, 0.1) is 0 Å². The Hall–Kier alpha value is -2.35. The lowest BCUT2D eigenvalue weighted by Crippen LogP contribution is -2.15. The number of aromatic nitrogens is 3. The fourth-order valence-electron chi connectivity index (χ4n) is 2.09. The highest BCUT2D eigenvalue weighted by Gasteiger charge is 2.27. The third-order valence-corrected chi connectivity index (χ3v) is 4.53. The lowest BCUT2D eigenvalue weighted by molar-refractivity contribution is 0.446. The number of phenols is 1. The smallest absolute Gasteiger partial charge is 0.330 e. The Balaban J connectivity index is 2.91. The van der Waals surface area contributed by atoms with Crippen molar-refractivity contribution in [1.29, 1.82) is 0 Å². The number of rotatable bonds is 3. The van der Waals surface area contributed by atoms with Crippen molar-refractivity contribution in [3.8, 4) is 17.1 Å². The highest BCUT2D eigenvalue weighted by Crippen LogP contribution is 2.39. The first-order valence-corrected chi connectivity index (χ1v) is 9.83. The van der Waals surface area contributed by atoms with Gasteiger partial charge in [-0.3, -0.25) is 9.11 Å². The predicted octanol–water partition coefficient (Wildman–Crippen LogP) is 0.617. The molecule has 0 atom stereocenters. The zero-order valence-electron chi connectivity index (χ0n) is 13.9. The molecule has 1 heterocycles. The molecule has 0 unspecified atom stereocenters. The van der Waals surface area contributed by atoms with E-state index < -0.39 is 41.8 Å². The van der Waals surface area contributed by atoms with Crippen molar-refractivity contribution in [2.45, 2.75) is 36.5 Å². The number of nitrogen functional groups attached to an aromatic ring is 1. The summed E-state index contributed by atoms with van der Waals surface area (Å²) < 4.78 is 63.5. The Kier molecular flexibility index (Phi) is 4.70. The van der Waals surface area contributed by atoms with E-state index in [0.29, 0.717) is 5.56 Å². The van der Waals surface area contributed by atoms with Crippen LogP contribution in [-0.2, 0) is 25.7 Å². The number of aromatic hydroxyl groups is 1. The van der Waals surface area contributed by atoms with Crippen molar-refractivity contribution in [3.05, 3.63) is 17.7 Å². The Morgan fingerprint density at radius 2 is 1.38 bits per heavy atom. The van der Waals surface area contributed by atoms with E-state index in [4.69, 9.17) is 14.8 Å². The molecule has 0 radical (unpaired) electrons. The van der Waals surface area contributed by atoms with Crippen molar-refractivity contribution in [2.24, 2.45) is 0 Å². The third-order valence-electron chi connectivity index (χ3n) is 3.24. The molecule has 142 valence electrons. The summed E-state index contributed by atoms with van der Waals surface area (Å²) in [4.78, 5) is 9.94. The molecule has 13 heteroatoms. The monoisotopic (exact) mass is 404 g/mol. The highest BCUT2D eigenvalue weighted by molar-refractivity contribution is 7.86. The minimum absolute atomic E-state index is 0.157. The molecule has 2 rings (SSSR count). The second-order valence-electron chi connectivity index (χ2n) is 6.39. The Bertz CT molecular complexity index is 1040. The molecule has 0 fully saturated rings. The van der Waals surface area contributed by atoms with Gasteiger partial charge in [0, 0.05) is 11.3 Å². The fraction of sp³-hybridized carbons (Fsp3) is 0.308. The van der Waals surface area contributed by atoms with E-state index in [1.807, 2.05) is 0 Å². The summed E-state index contributed by atoms with van der Waals surface area (Å²) >= 11 is 0. The quantitative estimate of drug-likeness (QED) is 0.318. The van der Waals surface area contributed by atoms with Gasteiger partial charge in [0.25, 0.3) is 10.3 Å². The number of phenolic OH excluding ortho intramolecular Hbond substituents is 1. The second kappa shape index (κ2) is 6.12. The van der Waals surface area contributed by atoms with Crippen molar-refractivity contribution < 1.29 is 31.0 Å². The van der Waals surface area contributed by atoms with Crippen LogP contribution in [0.1, 0.15) is 26.3 Å². The van der Waals surface area contributed by atoms with E-state index in [-0.39, 0.29) is 17.0 Å². The molecule has 0 aliphatic rings. The van der Waals surface area contributed by atoms with Crippen molar-refractivity contribution in [2.75, 3.05) is 5.73 Å². The molecule has 2 aromatic rings. The van der Waals surface area contributed by atoms with E-state index in [0.717, 1.165) is 0 Å². The predicted molar refractivity (Wildman–Crippen MR) is 89.7 cm³/mol. The number of benzene rings is 1. The van der Waals surface area contributed by atoms with Gasteiger partial charge in [0.15, 0.2) is 5.82 Å². The first-order valence-electron chi connectivity index (χ1n) is 6.95. The molecular formula is C13H16N4O7S2. The van der Waals surface area contributed by atoms with Gasteiger partial charge < -0.3 is 10.8 Å². The van der Waals surface area contributed by atoms with E-state index >= 15 is 0 Å². The number of hydrogen-bond donors (Lipinski definition) is 4. The lowest BCUT2D eigenvalue weighted by atomic mass is 9.84. The van der Waals surface area contributed by atoms with Crippen molar-refractivity contribution in [3.63, 3.8) is 0 Å². The SMILES string of the molecule is CC(C)(C)c1cc(N)cc(-c2nc(S(=O)(=O)O)nc(S(=O)(=O)O)n2)c1O. The maximum absolute atomic E-state index is 11.3. The van der Waals surface area contributed by atoms with Crippen LogP contribution < -0.4 is 5.73 Å². The molecule has 0 spiro atoms. The van der Waals surface area contributed by atoms with Crippen LogP contribution in [0.4, 0.5) is 5.69 Å². The molecule has 11 nitrogen and oxygen atoms in total. The topological polar surface area (TPSA) is 194 Å². The third kappa shape index (κ3) is 4.07. The lowest BCUT2D eigenvalue weighted by Gasteiger charge is -2.22. The molecule has 1 aromatic carbocycles. The first-order chi connectivity index (χ1) is 11.6. The van der Waals surface area contributed by atoms with Crippen LogP contribution in [0.25, 0.3) is 11.4 Å². The highest BCUT2D eigenvalue weighted by atomic mass is 32.2. The molecule has 0 saturated heterocycles. The molecule has 0 amide bonds. The van der Waals surface area contributed by atoms with E-state index in [9.17, 15) is 21.9 Å². The second-order valence-corrected chi connectivity index (χ2v) is 9.02. The van der Waals surface area contributed by atoms with Crippen LogP contribution in [0.2, 0.25) is 0 Å². The van der Waals surface area contributed by atoms with Crippen molar-refractivity contribution >= 4 is 25.9 Å². The van der Waals surface area contributed by atoms with Crippen LogP contribution in [0.5, 0.6) is 5.75 Å². The van der Waals surface area contributed by atoms with Gasteiger partial charge in [0.2, 0.25) is 0 Å². The minimum atomic E-state index is -5.03. The van der Waals surface area contributed by atoms with Crippen LogP contribution in [-0.4, -0.2) is 46.0 Å². The molecule has 26 heavy (non-hydrogen) atoms. The van der Waals surface area contributed by atoms with Gasteiger partial charge >= 0.3 is 20.2 Å². The Labute approximate surface area is 149 Å². The number of nitrogens with two attached hydrogens (primary N) is 1. The van der Waals surface area contributed by atoms with Gasteiger partial charge in [0.05, 0.1) is 5.56 Å². The van der Waals surface area contributed by atoms with E-state index in [1.54, 1.807) is 20.8 Å². The van der Waals surface area contributed by atoms with Gasteiger partial charge in [0.1, 0.15) is 5.75 Å². The summed E-state index contributed by atoms with van der Waals surface area (Å²) in [5, 5.41) is 7.89. The first kappa shape index (κ1) is 20.0. The summed E-state index contributed by atoms with van der Waals surface area (Å²) in [5.74, 6) is -0.990. The number of anilines is 1. The average Bonchev–Trinajstić information content (AvgIpc) is 2.46. The van der Waals surface area contributed by atoms with Gasteiger partial charge in [-0.2, -0.15) is 31.8 Å². The normalized spacial score (nSPS) is 13.0. The van der Waals surface area contributed by atoms with Gasteiger partial charge in [-0.1, -0.05) is 20.8 Å². The van der Waals surface area contributed by atoms with E-state index in [1.165, 1.54) is 12.1 Å². The van der Waals surface area contributed by atoms with Crippen molar-refractivity contribution in [1.82, 2.24) is 15.0 Å². The summed E-state index contributed by atoms with van der Waals surface area (Å²) in [6.07, 6.45) is 0. The van der Waals surface area contributed by atoms with Gasteiger partial charge in [-0.25, -0.2) is 0 Å². The Morgan fingerprint density at radius 1 is 0.923 bits per heavy atom. The Morgan fingerprint density at radius 3 is 1.77 bits per heavy atom. The zero-order valence-corrected chi connectivity index (χ0v) is 15.5. The number of hydrogen-bond acceptors (Lipinski definition) is 9. The summed E-state index contributed by atoms with van der Waals surface area (Å²) in [6, 6.07) is 2.66. The van der Waals surface area contributed by atoms with Crippen LogP contribution in [0.15, 0.2) is 22.4 Å². The maximum atomic E-state index is 11.3.